The molecule has 0 aromatic carbocycles. The summed E-state index contributed by atoms with van der Waals surface area (Å²) in [7, 11) is 0. The van der Waals surface area contributed by atoms with Gasteiger partial charge in [0.1, 0.15) is 23.7 Å². The van der Waals surface area contributed by atoms with Crippen LogP contribution in [0.4, 0.5) is 0 Å². The summed E-state index contributed by atoms with van der Waals surface area (Å²) < 4.78 is 4.88. The zero-order chi connectivity index (χ0) is 19.6. The van der Waals surface area contributed by atoms with Gasteiger partial charge in [-0.3, -0.25) is 24.3 Å². The Balaban J connectivity index is 1.68. The summed E-state index contributed by atoms with van der Waals surface area (Å²) in [5.41, 5.74) is 0.889. The Morgan fingerprint density at radius 1 is 1.44 bits per heavy atom. The third-order valence-electron chi connectivity index (χ3n) is 4.10. The predicted octanol–water partition coefficient (Wildman–Crippen LogP) is -0.0742. The molecule has 10 heteroatoms. The second-order valence-corrected chi connectivity index (χ2v) is 7.14. The van der Waals surface area contributed by atoms with Gasteiger partial charge in [0, 0.05) is 30.6 Å². The fraction of sp³-hybridized carbons (Fsp3) is 0.353. The average molecular weight is 391 g/mol. The molecule has 1 aromatic heterocycles. The van der Waals surface area contributed by atoms with Gasteiger partial charge in [-0.15, -0.1) is 11.8 Å². The van der Waals surface area contributed by atoms with Crippen molar-refractivity contribution in [2.45, 2.75) is 24.8 Å². The van der Waals surface area contributed by atoms with E-state index < -0.39 is 29.3 Å². The Labute approximate surface area is 158 Å². The van der Waals surface area contributed by atoms with E-state index in [1.807, 2.05) is 0 Å². The van der Waals surface area contributed by atoms with E-state index in [1.165, 1.54) is 18.7 Å². The number of aromatic nitrogens is 1. The first-order valence-corrected chi connectivity index (χ1v) is 9.15. The van der Waals surface area contributed by atoms with E-state index in [1.54, 1.807) is 24.5 Å². The fourth-order valence-corrected chi connectivity index (χ4v) is 4.22. The first-order valence-electron chi connectivity index (χ1n) is 8.10. The zero-order valence-corrected chi connectivity index (χ0v) is 15.2. The number of pyridine rings is 1. The largest absolute Gasteiger partial charge is 0.477 e. The number of β-lactam (4-membered cyclic amide) rings is 1. The number of hydrogen-bond acceptors (Lipinski definition) is 7. The van der Waals surface area contributed by atoms with E-state index in [0.29, 0.717) is 16.9 Å². The van der Waals surface area contributed by atoms with Crippen LogP contribution >= 0.6 is 11.8 Å². The van der Waals surface area contributed by atoms with Crippen molar-refractivity contribution >= 4 is 35.5 Å². The van der Waals surface area contributed by atoms with Crippen molar-refractivity contribution in [3.8, 4) is 0 Å². The molecule has 2 atom stereocenters. The van der Waals surface area contributed by atoms with Crippen molar-refractivity contribution in [1.29, 1.82) is 0 Å². The maximum absolute atomic E-state index is 12.5. The number of ether oxygens (including phenoxy) is 1. The molecule has 0 saturated carbocycles. The van der Waals surface area contributed by atoms with E-state index in [2.05, 4.69) is 10.3 Å². The molecule has 0 aliphatic carbocycles. The van der Waals surface area contributed by atoms with Crippen molar-refractivity contribution in [2.24, 2.45) is 0 Å². The first kappa shape index (κ1) is 18.9. The van der Waals surface area contributed by atoms with E-state index in [4.69, 9.17) is 4.74 Å². The minimum absolute atomic E-state index is 0.0777. The molecule has 3 heterocycles. The van der Waals surface area contributed by atoms with Crippen LogP contribution in [0.5, 0.6) is 0 Å². The van der Waals surface area contributed by atoms with Crippen molar-refractivity contribution in [3.05, 3.63) is 41.4 Å². The SMILES string of the molecule is CC(=O)OCC1=C(C(=O)O)N2C(=O)[C@@H](NC(=O)Cc3cccnc3)[C@H]2SC1. The summed E-state index contributed by atoms with van der Waals surface area (Å²) in [5, 5.41) is 11.6. The Morgan fingerprint density at radius 2 is 2.22 bits per heavy atom. The van der Waals surface area contributed by atoms with Crippen LogP contribution in [0.15, 0.2) is 35.8 Å². The van der Waals surface area contributed by atoms with E-state index in [9.17, 15) is 24.3 Å². The Bertz CT molecular complexity index is 825. The van der Waals surface area contributed by atoms with Gasteiger partial charge in [-0.2, -0.15) is 0 Å². The summed E-state index contributed by atoms with van der Waals surface area (Å²) in [6.07, 6.45) is 3.24. The lowest BCUT2D eigenvalue weighted by molar-refractivity contribution is -0.151. The van der Waals surface area contributed by atoms with Crippen molar-refractivity contribution in [3.63, 3.8) is 0 Å². The lowest BCUT2D eigenvalue weighted by Crippen LogP contribution is -2.70. The molecule has 0 bridgehead atoms. The predicted molar refractivity (Wildman–Crippen MR) is 94.3 cm³/mol. The molecule has 1 fully saturated rings. The van der Waals surface area contributed by atoms with Crippen molar-refractivity contribution in [2.75, 3.05) is 12.4 Å². The number of carbonyl (C=O) groups is 4. The minimum Gasteiger partial charge on any atom is -0.477 e. The fourth-order valence-electron chi connectivity index (χ4n) is 2.90. The molecule has 0 spiro atoms. The van der Waals surface area contributed by atoms with Crippen LogP contribution in [0.2, 0.25) is 0 Å². The molecule has 1 aromatic rings. The highest BCUT2D eigenvalue weighted by atomic mass is 32.2. The summed E-state index contributed by atoms with van der Waals surface area (Å²) >= 11 is 1.32. The summed E-state index contributed by atoms with van der Waals surface area (Å²) in [4.78, 5) is 52.3. The van der Waals surface area contributed by atoms with E-state index in [0.717, 1.165) is 4.90 Å². The number of nitrogens with zero attached hydrogens (tertiary/aromatic N) is 2. The quantitative estimate of drug-likeness (QED) is 0.510. The minimum atomic E-state index is -1.27. The Morgan fingerprint density at radius 3 is 2.85 bits per heavy atom. The van der Waals surface area contributed by atoms with Gasteiger partial charge in [0.15, 0.2) is 0 Å². The van der Waals surface area contributed by atoms with Gasteiger partial charge in [0.05, 0.1) is 6.42 Å². The normalized spacial score (nSPS) is 21.2. The summed E-state index contributed by atoms with van der Waals surface area (Å²) in [6.45, 7) is 1.04. The molecule has 2 aliphatic heterocycles. The number of carboxylic acids is 1. The Hall–Kier alpha value is -2.88. The first-order chi connectivity index (χ1) is 12.9. The lowest BCUT2D eigenvalue weighted by Gasteiger charge is -2.49. The third kappa shape index (κ3) is 3.95. The highest BCUT2D eigenvalue weighted by molar-refractivity contribution is 8.00. The van der Waals surface area contributed by atoms with Crippen molar-refractivity contribution < 1.29 is 29.0 Å². The molecule has 27 heavy (non-hydrogen) atoms. The Kier molecular flexibility index (Phi) is 5.45. The van der Waals surface area contributed by atoms with Crippen LogP contribution in [0, 0.1) is 0 Å². The molecule has 3 rings (SSSR count). The molecule has 142 valence electrons. The highest BCUT2D eigenvalue weighted by Gasteiger charge is 2.54. The molecular weight excluding hydrogens is 374 g/mol. The lowest BCUT2D eigenvalue weighted by atomic mass is 10.0. The second-order valence-electron chi connectivity index (χ2n) is 6.03. The summed E-state index contributed by atoms with van der Waals surface area (Å²) in [6, 6.07) is 2.68. The maximum Gasteiger partial charge on any atom is 0.352 e. The number of hydrogen-bond donors (Lipinski definition) is 2. The van der Waals surface area contributed by atoms with Crippen LogP contribution in [-0.4, -0.2) is 62.5 Å². The van der Waals surface area contributed by atoms with Crippen LogP contribution in [0.25, 0.3) is 0 Å². The van der Waals surface area contributed by atoms with Crippen LogP contribution in [0.1, 0.15) is 12.5 Å². The highest BCUT2D eigenvalue weighted by Crippen LogP contribution is 2.40. The number of carboxylic acid groups (broad SMARTS) is 1. The van der Waals surface area contributed by atoms with Gasteiger partial charge in [-0.1, -0.05) is 6.07 Å². The molecule has 9 nitrogen and oxygen atoms in total. The second kappa shape index (κ2) is 7.78. The number of aliphatic carboxylic acids is 1. The molecule has 0 unspecified atom stereocenters. The maximum atomic E-state index is 12.5. The molecular formula is C17H17N3O6S. The number of thioether (sulfide) groups is 1. The van der Waals surface area contributed by atoms with Crippen LogP contribution in [-0.2, 0) is 30.3 Å². The smallest absolute Gasteiger partial charge is 0.352 e. The molecule has 2 aliphatic rings. The summed E-state index contributed by atoms with van der Waals surface area (Å²) in [5.74, 6) is -2.35. The number of rotatable bonds is 6. The number of nitrogens with one attached hydrogen (secondary N) is 1. The van der Waals surface area contributed by atoms with Crippen LogP contribution in [0.3, 0.4) is 0 Å². The molecule has 0 radical (unpaired) electrons. The van der Waals surface area contributed by atoms with Crippen molar-refractivity contribution in [1.82, 2.24) is 15.2 Å². The molecule has 2 N–H and O–H groups in total. The van der Waals surface area contributed by atoms with E-state index in [-0.39, 0.29) is 24.6 Å². The van der Waals surface area contributed by atoms with Gasteiger partial charge in [-0.25, -0.2) is 4.79 Å². The van der Waals surface area contributed by atoms with Gasteiger partial charge in [0.25, 0.3) is 5.91 Å². The van der Waals surface area contributed by atoms with Crippen LogP contribution < -0.4 is 5.32 Å². The van der Waals surface area contributed by atoms with Gasteiger partial charge >= 0.3 is 11.9 Å². The van der Waals surface area contributed by atoms with Gasteiger partial charge in [0.2, 0.25) is 5.91 Å². The number of amides is 2. The average Bonchev–Trinajstić information content (AvgIpc) is 2.64. The van der Waals surface area contributed by atoms with Gasteiger partial charge in [-0.05, 0) is 11.6 Å². The topological polar surface area (TPSA) is 126 Å². The number of carbonyl (C=O) groups excluding carboxylic acids is 3. The van der Waals surface area contributed by atoms with Gasteiger partial charge < -0.3 is 15.2 Å². The number of esters is 1. The number of fused-ring (bicyclic) bond motifs is 1. The third-order valence-corrected chi connectivity index (χ3v) is 5.44. The standard InChI is InChI=1S/C17H17N3O6S/c1-9(21)26-7-11-8-27-16-13(15(23)20(16)14(11)17(24)25)19-12(22)5-10-3-2-4-18-6-10/h2-4,6,13,16H,5,7-8H2,1H3,(H,19,22)(H,24,25)/t13-,16-/m1/s1. The molecule has 1 saturated heterocycles. The molecule has 2 amide bonds. The zero-order valence-electron chi connectivity index (χ0n) is 14.4. The van der Waals surface area contributed by atoms with E-state index >= 15 is 0 Å². The monoisotopic (exact) mass is 391 g/mol.